The number of thioether (sulfide) groups is 1. The zero-order chi connectivity index (χ0) is 17.0. The molecule has 2 unspecified atom stereocenters. The summed E-state index contributed by atoms with van der Waals surface area (Å²) in [5, 5.41) is 1.52. The van der Waals surface area contributed by atoms with E-state index >= 15 is 0 Å². The van der Waals surface area contributed by atoms with Crippen LogP contribution >= 0.6 is 35.6 Å². The highest BCUT2D eigenvalue weighted by atomic mass is 35.5. The molecule has 1 aromatic carbocycles. The quantitative estimate of drug-likeness (QED) is 0.695. The number of benzene rings is 1. The van der Waals surface area contributed by atoms with Crippen LogP contribution in [0.25, 0.3) is 11.0 Å². The number of nitrogens with one attached hydrogen (secondary N) is 1. The number of rotatable bonds is 3. The Morgan fingerprint density at radius 2 is 1.92 bits per heavy atom. The zero-order valence-corrected chi connectivity index (χ0v) is 16.8. The summed E-state index contributed by atoms with van der Waals surface area (Å²) in [6.45, 7) is 4.29. The fraction of sp³-hybridized carbons (Fsp3) is 0.611. The molecule has 0 amide bonds. The van der Waals surface area contributed by atoms with E-state index in [9.17, 15) is 0 Å². The van der Waals surface area contributed by atoms with Gasteiger partial charge in [0.05, 0.1) is 16.1 Å². The van der Waals surface area contributed by atoms with Crippen LogP contribution in [0.3, 0.4) is 0 Å². The molecule has 6 heteroatoms. The highest BCUT2D eigenvalue weighted by molar-refractivity contribution is 8.00. The number of H-pyrrole nitrogens is 1. The molecule has 2 aliphatic heterocycles. The predicted molar refractivity (Wildman–Crippen MR) is 106 cm³/mol. The Morgan fingerprint density at radius 1 is 1.25 bits per heavy atom. The molecular formula is C18H24ClN3S2. The molecule has 24 heavy (non-hydrogen) atoms. The van der Waals surface area contributed by atoms with Crippen molar-refractivity contribution in [1.82, 2.24) is 14.5 Å². The smallest absolute Gasteiger partial charge is 0.178 e. The Labute approximate surface area is 157 Å². The van der Waals surface area contributed by atoms with Gasteiger partial charge in [0, 0.05) is 28.3 Å². The van der Waals surface area contributed by atoms with Crippen molar-refractivity contribution in [3.05, 3.63) is 21.9 Å². The Hall–Kier alpha value is -0.490. The average Bonchev–Trinajstić information content (AvgIpc) is 2.95. The van der Waals surface area contributed by atoms with Gasteiger partial charge in [-0.3, -0.25) is 0 Å². The zero-order valence-electron chi connectivity index (χ0n) is 14.4. The lowest BCUT2D eigenvalue weighted by atomic mass is 10.0. The van der Waals surface area contributed by atoms with Gasteiger partial charge in [0.25, 0.3) is 0 Å². The molecule has 0 spiro atoms. The van der Waals surface area contributed by atoms with E-state index in [1.165, 1.54) is 30.6 Å². The van der Waals surface area contributed by atoms with E-state index in [0.717, 1.165) is 32.9 Å². The predicted octanol–water partition coefficient (Wildman–Crippen LogP) is 5.65. The topological polar surface area (TPSA) is 24.0 Å². The third-order valence-corrected chi connectivity index (χ3v) is 7.75. The number of imidazole rings is 1. The molecule has 2 atom stereocenters. The van der Waals surface area contributed by atoms with Gasteiger partial charge in [-0.25, -0.2) is 0 Å². The third-order valence-electron chi connectivity index (χ3n) is 5.65. The molecule has 130 valence electrons. The van der Waals surface area contributed by atoms with E-state index in [2.05, 4.69) is 47.5 Å². The number of aromatic nitrogens is 2. The maximum absolute atomic E-state index is 6.82. The number of fused-ring (bicyclic) bond motifs is 3. The minimum Gasteiger partial charge on any atom is -0.331 e. The molecule has 2 aromatic rings. The van der Waals surface area contributed by atoms with Crippen LogP contribution in [0.5, 0.6) is 0 Å². The van der Waals surface area contributed by atoms with Gasteiger partial charge in [0.1, 0.15) is 0 Å². The summed E-state index contributed by atoms with van der Waals surface area (Å²) in [5.74, 6) is 0. The normalized spacial score (nSPS) is 27.5. The second kappa shape index (κ2) is 6.35. The van der Waals surface area contributed by atoms with Crippen LogP contribution in [-0.2, 0) is 0 Å². The summed E-state index contributed by atoms with van der Waals surface area (Å²) in [5.41, 5.74) is 2.09. The minimum absolute atomic E-state index is 0.295. The summed E-state index contributed by atoms with van der Waals surface area (Å²) in [7, 11) is 2.29. The number of halogens is 1. The van der Waals surface area contributed by atoms with Crippen LogP contribution in [-0.4, -0.2) is 38.8 Å². The highest BCUT2D eigenvalue weighted by Crippen LogP contribution is 2.44. The van der Waals surface area contributed by atoms with E-state index in [4.69, 9.17) is 23.8 Å². The molecule has 2 saturated heterocycles. The SMILES string of the molecule is CC(C)n1c(=S)[nH]c2ccc(SC3CC4CCC(C3)N4C)c(Cl)c21. The van der Waals surface area contributed by atoms with Crippen LogP contribution in [0, 0.1) is 4.77 Å². The number of hydrogen-bond acceptors (Lipinski definition) is 3. The molecule has 4 rings (SSSR count). The molecule has 2 aliphatic rings. The van der Waals surface area contributed by atoms with Crippen molar-refractivity contribution in [3.63, 3.8) is 0 Å². The summed E-state index contributed by atoms with van der Waals surface area (Å²) in [6.07, 6.45) is 5.26. The largest absolute Gasteiger partial charge is 0.331 e. The van der Waals surface area contributed by atoms with Gasteiger partial charge in [0.15, 0.2) is 4.77 Å². The van der Waals surface area contributed by atoms with Gasteiger partial charge < -0.3 is 14.5 Å². The van der Waals surface area contributed by atoms with Crippen molar-refractivity contribution in [2.24, 2.45) is 0 Å². The first-order valence-electron chi connectivity index (χ1n) is 8.77. The van der Waals surface area contributed by atoms with Crippen molar-refractivity contribution >= 4 is 46.6 Å². The van der Waals surface area contributed by atoms with Crippen molar-refractivity contribution in [3.8, 4) is 0 Å². The van der Waals surface area contributed by atoms with Gasteiger partial charge in [-0.05, 0) is 70.9 Å². The van der Waals surface area contributed by atoms with Crippen molar-refractivity contribution < 1.29 is 0 Å². The number of nitrogens with zero attached hydrogens (tertiary/aromatic N) is 2. The monoisotopic (exact) mass is 381 g/mol. The summed E-state index contributed by atoms with van der Waals surface area (Å²) in [4.78, 5) is 7.07. The number of piperidine rings is 1. The molecular weight excluding hydrogens is 358 g/mol. The van der Waals surface area contributed by atoms with Crippen LogP contribution in [0.4, 0.5) is 0 Å². The molecule has 1 N–H and O–H groups in total. The van der Waals surface area contributed by atoms with Gasteiger partial charge in [-0.1, -0.05) is 11.6 Å². The van der Waals surface area contributed by atoms with E-state index in [-0.39, 0.29) is 0 Å². The van der Waals surface area contributed by atoms with Crippen molar-refractivity contribution in [1.29, 1.82) is 0 Å². The number of hydrogen-bond donors (Lipinski definition) is 1. The standard InChI is InChI=1S/C18H24ClN3S2/c1-10(2)22-17-14(20-18(22)23)6-7-15(16(17)19)24-13-8-11-4-5-12(9-13)21(11)3/h6-7,10-13H,4-5,8-9H2,1-3H3,(H,20,23). The second-order valence-corrected chi connectivity index (χ2v) is 9.54. The fourth-order valence-corrected chi connectivity index (χ4v) is 6.52. The maximum atomic E-state index is 6.82. The molecule has 2 fully saturated rings. The number of aromatic amines is 1. The fourth-order valence-electron chi connectivity index (χ4n) is 4.38. The van der Waals surface area contributed by atoms with Crippen LogP contribution in [0.15, 0.2) is 17.0 Å². The molecule has 0 saturated carbocycles. The Morgan fingerprint density at radius 3 is 2.54 bits per heavy atom. The van der Waals surface area contributed by atoms with Gasteiger partial charge in [-0.15, -0.1) is 11.8 Å². The van der Waals surface area contributed by atoms with E-state index in [0.29, 0.717) is 11.3 Å². The third kappa shape index (κ3) is 2.74. The van der Waals surface area contributed by atoms with E-state index in [1.54, 1.807) is 0 Å². The Bertz CT molecular complexity index is 812. The molecule has 3 nitrogen and oxygen atoms in total. The van der Waals surface area contributed by atoms with Crippen molar-refractivity contribution in [2.75, 3.05) is 7.05 Å². The first-order valence-corrected chi connectivity index (χ1v) is 10.4. The second-order valence-electron chi connectivity index (χ2n) is 7.43. The Balaban J connectivity index is 1.67. The lowest BCUT2D eigenvalue weighted by Crippen LogP contribution is -2.40. The first-order chi connectivity index (χ1) is 11.5. The molecule has 0 aliphatic carbocycles. The highest BCUT2D eigenvalue weighted by Gasteiger charge is 2.38. The van der Waals surface area contributed by atoms with Gasteiger partial charge >= 0.3 is 0 Å². The summed E-state index contributed by atoms with van der Waals surface area (Å²) >= 11 is 14.3. The average molecular weight is 382 g/mol. The lowest BCUT2D eigenvalue weighted by molar-refractivity contribution is 0.183. The maximum Gasteiger partial charge on any atom is 0.178 e. The Kier molecular flexibility index (Phi) is 4.48. The van der Waals surface area contributed by atoms with Crippen LogP contribution in [0.2, 0.25) is 5.02 Å². The first kappa shape index (κ1) is 17.0. The lowest BCUT2D eigenvalue weighted by Gasteiger charge is -2.36. The van der Waals surface area contributed by atoms with Gasteiger partial charge in [0.2, 0.25) is 0 Å². The van der Waals surface area contributed by atoms with Crippen LogP contribution in [0.1, 0.15) is 45.6 Å². The summed E-state index contributed by atoms with van der Waals surface area (Å²) in [6, 6.07) is 6.10. The summed E-state index contributed by atoms with van der Waals surface area (Å²) < 4.78 is 2.89. The van der Waals surface area contributed by atoms with Crippen LogP contribution < -0.4 is 0 Å². The van der Waals surface area contributed by atoms with E-state index in [1.807, 2.05) is 11.8 Å². The molecule has 3 heterocycles. The molecule has 0 radical (unpaired) electrons. The minimum atomic E-state index is 0.295. The molecule has 1 aromatic heterocycles. The van der Waals surface area contributed by atoms with Gasteiger partial charge in [-0.2, -0.15) is 0 Å². The molecule has 2 bridgehead atoms. The van der Waals surface area contributed by atoms with E-state index < -0.39 is 0 Å². The van der Waals surface area contributed by atoms with Crippen molar-refractivity contribution in [2.45, 2.75) is 67.8 Å².